The molecule has 8 heteroatoms. The van der Waals surface area contributed by atoms with Crippen LogP contribution in [0.3, 0.4) is 0 Å². The van der Waals surface area contributed by atoms with E-state index in [1.807, 2.05) is 140 Å². The molecule has 324 valence electrons. The maximum absolute atomic E-state index is 6.04. The first-order chi connectivity index (χ1) is 30.8. The molecule has 8 rings (SSSR count). The fourth-order valence-electron chi connectivity index (χ4n) is 7.19. The summed E-state index contributed by atoms with van der Waals surface area (Å²) in [5.74, 6) is 7.02. The molecular formula is C56H56N4O4. The smallest absolute Gasteiger partial charge is 0.130 e. The van der Waals surface area contributed by atoms with Gasteiger partial charge in [0.15, 0.2) is 0 Å². The van der Waals surface area contributed by atoms with Crippen LogP contribution in [-0.2, 0) is 5.41 Å². The number of nitrogens with two attached hydrogens (primary N) is 4. The van der Waals surface area contributed by atoms with Crippen molar-refractivity contribution in [2.24, 2.45) is 0 Å². The number of ether oxygens (including phenoxy) is 4. The Morgan fingerprint density at radius 1 is 0.344 bits per heavy atom. The topological polar surface area (TPSA) is 141 Å². The highest BCUT2D eigenvalue weighted by Crippen LogP contribution is 2.38. The van der Waals surface area contributed by atoms with Gasteiger partial charge in [-0.1, -0.05) is 76.2 Å². The lowest BCUT2D eigenvalue weighted by molar-refractivity contribution is 0.478. The lowest BCUT2D eigenvalue weighted by atomic mass is 9.77. The molecule has 64 heavy (non-hydrogen) atoms. The Labute approximate surface area is 377 Å². The van der Waals surface area contributed by atoms with E-state index in [1.165, 1.54) is 22.3 Å². The second-order valence-corrected chi connectivity index (χ2v) is 16.5. The first kappa shape index (κ1) is 44.2. The van der Waals surface area contributed by atoms with Gasteiger partial charge in [-0.05, 0) is 186 Å². The summed E-state index contributed by atoms with van der Waals surface area (Å²) < 4.78 is 23.8. The SMILES string of the molecule is CC(c1ccc(Oc2ccc(N)cc2)cc1)C(C)c1ccc(Oc2ccc(N)cc2)cc1.Cc1cc(C(C)(C)c2ccc(Oc3ccc(N)cc3)cc2)ccc1Oc1ccc(N)cc1. The van der Waals surface area contributed by atoms with Crippen molar-refractivity contribution in [1.82, 2.24) is 0 Å². The Morgan fingerprint density at radius 2 is 0.609 bits per heavy atom. The monoisotopic (exact) mass is 848 g/mol. The van der Waals surface area contributed by atoms with Gasteiger partial charge in [-0.15, -0.1) is 0 Å². The van der Waals surface area contributed by atoms with Gasteiger partial charge < -0.3 is 41.9 Å². The van der Waals surface area contributed by atoms with Gasteiger partial charge in [0.1, 0.15) is 46.0 Å². The van der Waals surface area contributed by atoms with E-state index < -0.39 is 0 Å². The van der Waals surface area contributed by atoms with E-state index in [1.54, 1.807) is 0 Å². The van der Waals surface area contributed by atoms with Crippen LogP contribution in [0.4, 0.5) is 22.7 Å². The van der Waals surface area contributed by atoms with Crippen LogP contribution in [0.5, 0.6) is 46.0 Å². The van der Waals surface area contributed by atoms with Gasteiger partial charge in [-0.2, -0.15) is 0 Å². The Bertz CT molecular complexity index is 2620. The van der Waals surface area contributed by atoms with Crippen LogP contribution in [0.25, 0.3) is 0 Å². The third-order valence-electron chi connectivity index (χ3n) is 11.5. The van der Waals surface area contributed by atoms with Crippen molar-refractivity contribution in [3.8, 4) is 46.0 Å². The zero-order valence-electron chi connectivity index (χ0n) is 37.0. The lowest BCUT2D eigenvalue weighted by Crippen LogP contribution is -2.19. The minimum Gasteiger partial charge on any atom is -0.457 e. The normalized spacial score (nSPS) is 12.0. The van der Waals surface area contributed by atoms with Gasteiger partial charge in [0, 0.05) is 28.2 Å². The first-order valence-electron chi connectivity index (χ1n) is 21.3. The molecule has 0 saturated carbocycles. The van der Waals surface area contributed by atoms with Crippen LogP contribution in [0.1, 0.15) is 67.3 Å². The van der Waals surface area contributed by atoms with Crippen LogP contribution in [0.2, 0.25) is 0 Å². The number of benzene rings is 8. The third kappa shape index (κ3) is 11.5. The fourth-order valence-corrected chi connectivity index (χ4v) is 7.19. The molecule has 0 amide bonds. The van der Waals surface area contributed by atoms with E-state index in [-0.39, 0.29) is 5.41 Å². The van der Waals surface area contributed by atoms with Crippen LogP contribution in [-0.4, -0.2) is 0 Å². The molecule has 0 spiro atoms. The van der Waals surface area contributed by atoms with Crippen molar-refractivity contribution in [1.29, 1.82) is 0 Å². The fraction of sp³-hybridized carbons (Fsp3) is 0.143. The van der Waals surface area contributed by atoms with E-state index in [0.29, 0.717) is 11.8 Å². The van der Waals surface area contributed by atoms with Crippen molar-refractivity contribution in [2.75, 3.05) is 22.9 Å². The Kier molecular flexibility index (Phi) is 13.8. The minimum absolute atomic E-state index is 0.176. The molecule has 0 aliphatic rings. The van der Waals surface area contributed by atoms with Gasteiger partial charge in [-0.25, -0.2) is 0 Å². The van der Waals surface area contributed by atoms with Crippen LogP contribution in [0, 0.1) is 6.92 Å². The molecular weight excluding hydrogens is 793 g/mol. The van der Waals surface area contributed by atoms with Crippen LogP contribution in [0.15, 0.2) is 188 Å². The van der Waals surface area contributed by atoms with E-state index in [4.69, 9.17) is 41.9 Å². The maximum Gasteiger partial charge on any atom is 0.130 e. The summed E-state index contributed by atoms with van der Waals surface area (Å²) in [6.45, 7) is 11.0. The molecule has 0 fully saturated rings. The summed E-state index contributed by atoms with van der Waals surface area (Å²) in [4.78, 5) is 0. The van der Waals surface area contributed by atoms with Gasteiger partial charge in [0.25, 0.3) is 0 Å². The van der Waals surface area contributed by atoms with Gasteiger partial charge in [-0.3, -0.25) is 0 Å². The molecule has 2 atom stereocenters. The summed E-state index contributed by atoms with van der Waals surface area (Å²) in [5, 5.41) is 0. The zero-order valence-corrected chi connectivity index (χ0v) is 37.0. The van der Waals surface area contributed by atoms with E-state index >= 15 is 0 Å². The van der Waals surface area contributed by atoms with Gasteiger partial charge in [0.2, 0.25) is 0 Å². The van der Waals surface area contributed by atoms with Crippen molar-refractivity contribution < 1.29 is 18.9 Å². The van der Waals surface area contributed by atoms with Crippen molar-refractivity contribution in [2.45, 2.75) is 51.9 Å². The highest BCUT2D eigenvalue weighted by molar-refractivity contribution is 5.50. The minimum atomic E-state index is -0.176. The summed E-state index contributed by atoms with van der Waals surface area (Å²) in [7, 11) is 0. The van der Waals surface area contributed by atoms with E-state index in [9.17, 15) is 0 Å². The Morgan fingerprint density at radius 3 is 0.922 bits per heavy atom. The first-order valence-corrected chi connectivity index (χ1v) is 21.3. The summed E-state index contributed by atoms with van der Waals surface area (Å²) >= 11 is 0. The molecule has 8 nitrogen and oxygen atoms in total. The van der Waals surface area contributed by atoms with Gasteiger partial charge >= 0.3 is 0 Å². The Balaban J connectivity index is 0.000000191. The number of rotatable bonds is 13. The highest BCUT2D eigenvalue weighted by Gasteiger charge is 2.24. The number of aryl methyl sites for hydroxylation is 1. The lowest BCUT2D eigenvalue weighted by Gasteiger charge is -2.27. The van der Waals surface area contributed by atoms with Crippen molar-refractivity contribution >= 4 is 22.7 Å². The average Bonchev–Trinajstić information content (AvgIpc) is 3.30. The molecule has 0 aliphatic heterocycles. The predicted octanol–water partition coefficient (Wildman–Crippen LogP) is 14.4. The molecule has 8 aromatic carbocycles. The molecule has 8 N–H and O–H groups in total. The largest absolute Gasteiger partial charge is 0.457 e. The quantitative estimate of drug-likeness (QED) is 0.0841. The number of nitrogen functional groups attached to an aromatic ring is 4. The second kappa shape index (κ2) is 19.9. The van der Waals surface area contributed by atoms with Crippen molar-refractivity contribution in [3.05, 3.63) is 216 Å². The zero-order chi connectivity index (χ0) is 45.2. The van der Waals surface area contributed by atoms with E-state index in [0.717, 1.165) is 74.3 Å². The number of anilines is 4. The van der Waals surface area contributed by atoms with E-state index in [2.05, 4.69) is 83.1 Å². The summed E-state index contributed by atoms with van der Waals surface area (Å²) in [6.07, 6.45) is 0. The molecule has 8 aromatic rings. The summed E-state index contributed by atoms with van der Waals surface area (Å²) in [5.41, 5.74) is 31.7. The number of hydrogen-bond donors (Lipinski definition) is 4. The van der Waals surface area contributed by atoms with Crippen molar-refractivity contribution in [3.63, 3.8) is 0 Å². The molecule has 0 heterocycles. The second-order valence-electron chi connectivity index (χ2n) is 16.5. The van der Waals surface area contributed by atoms with Crippen LogP contribution < -0.4 is 41.9 Å². The molecule has 2 unspecified atom stereocenters. The average molecular weight is 849 g/mol. The van der Waals surface area contributed by atoms with Gasteiger partial charge in [0.05, 0.1) is 0 Å². The molecule has 0 saturated heterocycles. The third-order valence-corrected chi connectivity index (χ3v) is 11.5. The summed E-state index contributed by atoms with van der Waals surface area (Å²) in [6, 6.07) is 60.8. The van der Waals surface area contributed by atoms with Crippen LogP contribution >= 0.6 is 0 Å². The highest BCUT2D eigenvalue weighted by atomic mass is 16.5. The molecule has 0 bridgehead atoms. The molecule has 0 aliphatic carbocycles. The Hall–Kier alpha value is -7.84. The molecule has 0 aromatic heterocycles. The maximum atomic E-state index is 6.04. The molecule has 0 radical (unpaired) electrons. The predicted molar refractivity (Wildman–Crippen MR) is 263 cm³/mol. The number of hydrogen-bond acceptors (Lipinski definition) is 8. The standard InChI is InChI=1S/2C28H28N2O2/c1-19-18-21(6-17-27(19)32-26-15-9-23(30)10-16-26)28(2,3)20-4-11-24(12-5-20)31-25-13-7-22(29)8-14-25;1-19(21-3-11-25(12-4-21)31-27-15-7-23(29)8-16-27)20(2)22-5-13-26(14-6-22)32-28-17-9-24(30)10-18-28/h4-18H,29-30H2,1-3H3;3-20H,29-30H2,1-2H3.